The van der Waals surface area contributed by atoms with Gasteiger partial charge in [-0.15, -0.1) is 41.5 Å². The molecule has 3 heterocycles. The molecule has 0 saturated heterocycles. The number of hydrogen-bond donors (Lipinski definition) is 0. The van der Waals surface area contributed by atoms with Crippen LogP contribution in [0.5, 0.6) is 0 Å². The molecule has 204 valence electrons. The first-order valence-electron chi connectivity index (χ1n) is 13.8. The molecule has 0 N–H and O–H groups in total. The average molecular weight is 722 g/mol. The summed E-state index contributed by atoms with van der Waals surface area (Å²) in [5, 5.41) is 0. The van der Waals surface area contributed by atoms with E-state index in [2.05, 4.69) is 98.4 Å². The number of pyridine rings is 1. The number of aromatic nitrogens is 3. The second kappa shape index (κ2) is 10.9. The molecule has 0 fully saturated rings. The standard InChI is InChI=1S/C24H27N2S.C11H8N.Ir/c1-15(2)25-14-26-19-12-16-17(24(5,6)11-10-23(16,3)4)13-21(19)27-20-9-7-8-18(25)22(20)26;1-2-6-10(7-3-1)11-8-4-5-9-12-11;/h7-9,13,15H,10-11H2,1-6H3;1-6,8-9H;/q2*-1;+3. The van der Waals surface area contributed by atoms with Crippen molar-refractivity contribution in [2.75, 3.05) is 0 Å². The molecule has 2 aliphatic rings. The molecule has 2 aromatic heterocycles. The fourth-order valence-corrected chi connectivity index (χ4v) is 6.78. The normalized spacial score (nSPS) is 15.9. The van der Waals surface area contributed by atoms with Crippen LogP contribution in [0.2, 0.25) is 0 Å². The van der Waals surface area contributed by atoms with E-state index in [9.17, 15) is 0 Å². The van der Waals surface area contributed by atoms with Gasteiger partial charge in [0.25, 0.3) is 0 Å². The maximum atomic E-state index is 4.22. The molecule has 3 aromatic carbocycles. The van der Waals surface area contributed by atoms with E-state index in [0.29, 0.717) is 6.04 Å². The zero-order chi connectivity index (χ0) is 27.4. The predicted octanol–water partition coefficient (Wildman–Crippen LogP) is 8.46. The van der Waals surface area contributed by atoms with E-state index in [1.54, 1.807) is 6.20 Å². The maximum Gasteiger partial charge on any atom is 3.00 e. The van der Waals surface area contributed by atoms with E-state index in [1.807, 2.05) is 54.2 Å². The summed E-state index contributed by atoms with van der Waals surface area (Å²) in [5.74, 6) is 0. The second-order valence-corrected chi connectivity index (χ2v) is 13.2. The Labute approximate surface area is 256 Å². The third kappa shape index (κ3) is 5.09. The van der Waals surface area contributed by atoms with Crippen molar-refractivity contribution in [2.24, 2.45) is 0 Å². The van der Waals surface area contributed by atoms with Gasteiger partial charge in [-0.1, -0.05) is 74.8 Å². The van der Waals surface area contributed by atoms with E-state index in [4.69, 9.17) is 0 Å². The van der Waals surface area contributed by atoms with E-state index < -0.39 is 0 Å². The number of nitrogens with zero attached hydrogens (tertiary/aromatic N) is 3. The number of hydrogen-bond acceptors (Lipinski definition) is 2. The van der Waals surface area contributed by atoms with Crippen LogP contribution in [0.25, 0.3) is 28.0 Å². The van der Waals surface area contributed by atoms with Gasteiger partial charge in [0.2, 0.25) is 6.33 Å². The van der Waals surface area contributed by atoms with Crippen LogP contribution in [0.3, 0.4) is 0 Å². The second-order valence-electron chi connectivity index (χ2n) is 12.2. The third-order valence-electron chi connectivity index (χ3n) is 8.08. The van der Waals surface area contributed by atoms with Crippen molar-refractivity contribution in [3.05, 3.63) is 103 Å². The Balaban J connectivity index is 0.000000209. The molecule has 0 amide bonds. The van der Waals surface area contributed by atoms with Gasteiger partial charge in [0.15, 0.2) is 0 Å². The van der Waals surface area contributed by atoms with Crippen molar-refractivity contribution in [1.29, 1.82) is 0 Å². The molecule has 1 aliphatic heterocycles. The zero-order valence-electron chi connectivity index (χ0n) is 24.0. The van der Waals surface area contributed by atoms with Crippen molar-refractivity contribution in [1.82, 2.24) is 9.55 Å². The van der Waals surface area contributed by atoms with Gasteiger partial charge in [0, 0.05) is 6.20 Å². The summed E-state index contributed by atoms with van der Waals surface area (Å²) in [5.41, 5.74) is 8.96. The summed E-state index contributed by atoms with van der Waals surface area (Å²) in [7, 11) is 0. The minimum atomic E-state index is 0. The molecule has 0 radical (unpaired) electrons. The Morgan fingerprint density at radius 2 is 1.70 bits per heavy atom. The quantitative estimate of drug-likeness (QED) is 0.132. The number of rotatable bonds is 2. The van der Waals surface area contributed by atoms with Crippen LogP contribution in [0.15, 0.2) is 82.7 Å². The van der Waals surface area contributed by atoms with Crippen molar-refractivity contribution in [2.45, 2.75) is 81.0 Å². The van der Waals surface area contributed by atoms with Crippen LogP contribution >= 0.6 is 11.8 Å². The number of imidazole rings is 1. The minimum Gasteiger partial charge on any atom is -0.340 e. The Morgan fingerprint density at radius 3 is 2.40 bits per heavy atom. The fourth-order valence-electron chi connectivity index (χ4n) is 5.69. The summed E-state index contributed by atoms with van der Waals surface area (Å²) < 4.78 is 4.52. The average Bonchev–Trinajstić information content (AvgIpc) is 3.34. The van der Waals surface area contributed by atoms with Crippen molar-refractivity contribution >= 4 is 22.8 Å². The monoisotopic (exact) mass is 722 g/mol. The van der Waals surface area contributed by atoms with Gasteiger partial charge in [0.05, 0.1) is 17.1 Å². The maximum absolute atomic E-state index is 4.22. The summed E-state index contributed by atoms with van der Waals surface area (Å²) in [6.45, 7) is 14.0. The van der Waals surface area contributed by atoms with Gasteiger partial charge >= 0.3 is 20.1 Å². The minimum absolute atomic E-state index is 0. The first-order chi connectivity index (χ1) is 18.7. The van der Waals surface area contributed by atoms with Crippen LogP contribution in [0, 0.1) is 18.5 Å². The van der Waals surface area contributed by atoms with Gasteiger partial charge in [0.1, 0.15) is 0 Å². The van der Waals surface area contributed by atoms with Crippen LogP contribution < -0.4 is 4.57 Å². The molecule has 0 spiro atoms. The molecular weight excluding hydrogens is 687 g/mol. The first kappa shape index (κ1) is 28.8. The van der Waals surface area contributed by atoms with Crippen molar-refractivity contribution in [3.63, 3.8) is 0 Å². The Bertz CT molecular complexity index is 1620. The first-order valence-corrected chi connectivity index (χ1v) is 14.6. The molecule has 0 atom stereocenters. The van der Waals surface area contributed by atoms with Crippen molar-refractivity contribution < 1.29 is 24.7 Å². The molecule has 5 aromatic rings. The molecule has 0 unspecified atom stereocenters. The molecular formula is C35H35IrN3S+. The molecule has 5 heteroatoms. The molecule has 1 aliphatic carbocycles. The number of para-hydroxylation sites is 1. The fraction of sp³-hybridized carbons (Fsp3) is 0.314. The van der Waals surface area contributed by atoms with Gasteiger partial charge in [-0.3, -0.25) is 0 Å². The summed E-state index contributed by atoms with van der Waals surface area (Å²) >= 11 is 1.89. The third-order valence-corrected chi connectivity index (χ3v) is 9.16. The Morgan fingerprint density at radius 1 is 0.925 bits per heavy atom. The summed E-state index contributed by atoms with van der Waals surface area (Å²) in [6.07, 6.45) is 7.86. The molecule has 0 saturated carbocycles. The smallest absolute Gasteiger partial charge is 0.340 e. The Kier molecular flexibility index (Phi) is 7.87. The van der Waals surface area contributed by atoms with Gasteiger partial charge in [-0.05, 0) is 48.0 Å². The van der Waals surface area contributed by atoms with E-state index in [-0.39, 0.29) is 30.9 Å². The number of fused-ring (bicyclic) bond motifs is 3. The van der Waals surface area contributed by atoms with Crippen LogP contribution in [0.1, 0.15) is 71.6 Å². The SMILES string of the molecule is CC(C)n1[c-][n+]2c3c(cccc31)Sc1cc3c([c-]c1-2)C(C)(C)CCC3(C)C.[Ir+3].[c-]1ccccc1-c1ccccn1. The number of benzene rings is 3. The van der Waals surface area contributed by atoms with Crippen LogP contribution in [-0.4, -0.2) is 9.55 Å². The van der Waals surface area contributed by atoms with Gasteiger partial charge in [-0.2, -0.15) is 29.5 Å². The largest absolute Gasteiger partial charge is 3.00 e. The molecule has 3 nitrogen and oxygen atoms in total. The molecule has 7 rings (SSSR count). The topological polar surface area (TPSA) is 21.7 Å². The summed E-state index contributed by atoms with van der Waals surface area (Å²) in [4.78, 5) is 6.84. The predicted molar refractivity (Wildman–Crippen MR) is 159 cm³/mol. The van der Waals surface area contributed by atoms with E-state index in [0.717, 1.165) is 11.3 Å². The van der Waals surface area contributed by atoms with Gasteiger partial charge in [-0.25, -0.2) is 0 Å². The molecule has 0 bridgehead atoms. The van der Waals surface area contributed by atoms with Gasteiger partial charge < -0.3 is 14.1 Å². The van der Waals surface area contributed by atoms with E-state index >= 15 is 0 Å². The molecule has 40 heavy (non-hydrogen) atoms. The van der Waals surface area contributed by atoms with Crippen LogP contribution in [-0.2, 0) is 30.9 Å². The Hall–Kier alpha value is -2.72. The van der Waals surface area contributed by atoms with Crippen molar-refractivity contribution in [3.8, 4) is 16.9 Å². The summed E-state index contributed by atoms with van der Waals surface area (Å²) in [6, 6.07) is 30.1. The van der Waals surface area contributed by atoms with E-state index in [1.165, 1.54) is 50.5 Å². The zero-order valence-corrected chi connectivity index (χ0v) is 27.2. The van der Waals surface area contributed by atoms with Crippen LogP contribution in [0.4, 0.5) is 0 Å².